The number of anilines is 3. The predicted octanol–water partition coefficient (Wildman–Crippen LogP) is 5.93. The third kappa shape index (κ3) is 4.25. The number of benzene rings is 3. The van der Waals surface area contributed by atoms with Gasteiger partial charge in [-0.3, -0.25) is 4.79 Å². The van der Waals surface area contributed by atoms with Crippen molar-refractivity contribution in [3.63, 3.8) is 0 Å². The Hall–Kier alpha value is -3.20. The molecule has 5 nitrogen and oxygen atoms in total. The van der Waals surface area contributed by atoms with Gasteiger partial charge in [-0.2, -0.15) is 0 Å². The molecule has 4 aromatic rings. The quantitative estimate of drug-likeness (QED) is 0.330. The molecule has 0 amide bonds. The van der Waals surface area contributed by atoms with E-state index in [2.05, 4.69) is 5.32 Å². The van der Waals surface area contributed by atoms with E-state index >= 15 is 0 Å². The van der Waals surface area contributed by atoms with E-state index in [1.807, 2.05) is 0 Å². The second-order valence-electron chi connectivity index (χ2n) is 6.79. The molecule has 0 saturated heterocycles. The number of rotatable bonds is 6. The molecule has 0 spiro atoms. The maximum Gasteiger partial charge on any atom is 0.211 e. The molecule has 0 fully saturated rings. The van der Waals surface area contributed by atoms with Crippen molar-refractivity contribution >= 4 is 54.9 Å². The Balaban J connectivity index is 1.88. The van der Waals surface area contributed by atoms with Crippen molar-refractivity contribution in [3.05, 3.63) is 100 Å². The molecular weight excluding hydrogens is 471 g/mol. The van der Waals surface area contributed by atoms with Crippen LogP contribution < -0.4 is 11.1 Å². The lowest BCUT2D eigenvalue weighted by molar-refractivity contribution is 0.104. The first-order valence-corrected chi connectivity index (χ1v) is 12.0. The molecule has 9 heteroatoms. The van der Waals surface area contributed by atoms with Gasteiger partial charge in [0, 0.05) is 16.3 Å². The average Bonchev–Trinajstić information content (AvgIpc) is 3.10. The normalized spacial score (nSPS) is 11.3. The Morgan fingerprint density at radius 2 is 1.66 bits per heavy atom. The van der Waals surface area contributed by atoms with Crippen LogP contribution in [0.3, 0.4) is 0 Å². The average molecular weight is 487 g/mol. The van der Waals surface area contributed by atoms with E-state index in [-0.39, 0.29) is 30.9 Å². The number of nitrogens with one attached hydrogen (secondary N) is 1. The fourth-order valence-electron chi connectivity index (χ4n) is 3.09. The van der Waals surface area contributed by atoms with Crippen molar-refractivity contribution < 1.29 is 17.6 Å². The Morgan fingerprint density at radius 1 is 0.969 bits per heavy atom. The molecule has 32 heavy (non-hydrogen) atoms. The molecule has 0 bridgehead atoms. The minimum Gasteiger partial charge on any atom is -0.396 e. The van der Waals surface area contributed by atoms with Gasteiger partial charge < -0.3 is 11.1 Å². The van der Waals surface area contributed by atoms with Crippen molar-refractivity contribution in [2.45, 2.75) is 9.79 Å². The monoisotopic (exact) mass is 486 g/mol. The SMILES string of the molecule is Nc1c(C(=O)c2ccc(F)cc2)sc(Nc2cccc(Cl)c2)c1S(=O)(=O)c1ccccc1. The third-order valence-corrected chi connectivity index (χ3v) is 7.96. The lowest BCUT2D eigenvalue weighted by Gasteiger charge is -2.10. The maximum atomic E-state index is 13.4. The molecule has 0 unspecified atom stereocenters. The summed E-state index contributed by atoms with van der Waals surface area (Å²) in [4.78, 5) is 13.0. The summed E-state index contributed by atoms with van der Waals surface area (Å²) in [6.07, 6.45) is 0. The second-order valence-corrected chi connectivity index (χ2v) is 10.1. The topological polar surface area (TPSA) is 89.3 Å². The van der Waals surface area contributed by atoms with Gasteiger partial charge in [-0.05, 0) is 54.6 Å². The largest absolute Gasteiger partial charge is 0.396 e. The molecule has 1 aromatic heterocycles. The van der Waals surface area contributed by atoms with E-state index in [9.17, 15) is 17.6 Å². The summed E-state index contributed by atoms with van der Waals surface area (Å²) in [5.74, 6) is -0.993. The van der Waals surface area contributed by atoms with Crippen LogP contribution in [0.4, 0.5) is 20.8 Å². The number of nitrogen functional groups attached to an aromatic ring is 1. The van der Waals surface area contributed by atoms with E-state index in [1.54, 1.807) is 42.5 Å². The van der Waals surface area contributed by atoms with Gasteiger partial charge in [-0.25, -0.2) is 12.8 Å². The summed E-state index contributed by atoms with van der Waals surface area (Å²) in [5, 5.41) is 3.66. The van der Waals surface area contributed by atoms with Crippen LogP contribution in [0.1, 0.15) is 15.2 Å². The highest BCUT2D eigenvalue weighted by atomic mass is 35.5. The van der Waals surface area contributed by atoms with E-state index in [0.717, 1.165) is 23.5 Å². The first-order valence-electron chi connectivity index (χ1n) is 9.32. The molecule has 0 atom stereocenters. The zero-order chi connectivity index (χ0) is 22.9. The molecule has 162 valence electrons. The van der Waals surface area contributed by atoms with E-state index < -0.39 is 21.4 Å². The van der Waals surface area contributed by atoms with Crippen LogP contribution in [0.2, 0.25) is 5.02 Å². The molecular formula is C23H16ClFN2O3S2. The number of thiophene rings is 1. The van der Waals surface area contributed by atoms with Crippen molar-refractivity contribution in [3.8, 4) is 0 Å². The summed E-state index contributed by atoms with van der Waals surface area (Å²) < 4.78 is 40.2. The number of halogens is 2. The van der Waals surface area contributed by atoms with Gasteiger partial charge in [0.05, 0.1) is 10.6 Å². The molecule has 4 rings (SSSR count). The highest BCUT2D eigenvalue weighted by molar-refractivity contribution is 7.92. The van der Waals surface area contributed by atoms with Crippen molar-refractivity contribution in [1.29, 1.82) is 0 Å². The van der Waals surface area contributed by atoms with Gasteiger partial charge in [0.2, 0.25) is 15.6 Å². The number of nitrogens with two attached hydrogens (primary N) is 1. The second kappa shape index (κ2) is 8.74. The van der Waals surface area contributed by atoms with Crippen molar-refractivity contribution in [1.82, 2.24) is 0 Å². The molecule has 3 N–H and O–H groups in total. The molecule has 1 heterocycles. The molecule has 3 aromatic carbocycles. The number of hydrogen-bond acceptors (Lipinski definition) is 6. The third-order valence-electron chi connectivity index (χ3n) is 4.62. The van der Waals surface area contributed by atoms with Crippen LogP contribution in [0.25, 0.3) is 0 Å². The van der Waals surface area contributed by atoms with Gasteiger partial charge in [0.25, 0.3) is 0 Å². The maximum absolute atomic E-state index is 13.4. The van der Waals surface area contributed by atoms with Gasteiger partial charge in [-0.15, -0.1) is 11.3 Å². The predicted molar refractivity (Wildman–Crippen MR) is 125 cm³/mol. The Morgan fingerprint density at radius 3 is 2.31 bits per heavy atom. The van der Waals surface area contributed by atoms with Gasteiger partial charge >= 0.3 is 0 Å². The lowest BCUT2D eigenvalue weighted by atomic mass is 10.1. The standard InChI is InChI=1S/C23H16ClFN2O3S2/c24-15-5-4-6-17(13-15)27-23-22(32(29,30)18-7-2-1-3-8-18)19(26)21(31-23)20(28)14-9-11-16(25)12-10-14/h1-13,27H,26H2. The fourth-order valence-corrected chi connectivity index (χ4v) is 6.24. The van der Waals surface area contributed by atoms with Crippen LogP contribution in [0.15, 0.2) is 88.7 Å². The smallest absolute Gasteiger partial charge is 0.211 e. The highest BCUT2D eigenvalue weighted by Crippen LogP contribution is 2.44. The summed E-state index contributed by atoms with van der Waals surface area (Å²) in [5.41, 5.74) is 6.80. The van der Waals surface area contributed by atoms with Crippen LogP contribution in [-0.4, -0.2) is 14.2 Å². The fraction of sp³-hybridized carbons (Fsp3) is 0. The number of sulfone groups is 1. The summed E-state index contributed by atoms with van der Waals surface area (Å²) >= 11 is 6.97. The molecule has 0 radical (unpaired) electrons. The van der Waals surface area contributed by atoms with Crippen molar-refractivity contribution in [2.75, 3.05) is 11.1 Å². The van der Waals surface area contributed by atoms with Gasteiger partial charge in [0.15, 0.2) is 0 Å². The number of hydrogen-bond donors (Lipinski definition) is 2. The molecule has 0 aliphatic heterocycles. The lowest BCUT2D eigenvalue weighted by Crippen LogP contribution is -2.08. The minimum atomic E-state index is -4.05. The van der Waals surface area contributed by atoms with E-state index in [0.29, 0.717) is 10.7 Å². The zero-order valence-electron chi connectivity index (χ0n) is 16.4. The summed E-state index contributed by atoms with van der Waals surface area (Å²) in [7, 11) is -4.05. The first kappa shape index (κ1) is 22.0. The van der Waals surface area contributed by atoms with Crippen molar-refractivity contribution in [2.24, 2.45) is 0 Å². The first-order chi connectivity index (χ1) is 15.3. The van der Waals surface area contributed by atoms with Gasteiger partial charge in [-0.1, -0.05) is 35.9 Å². The van der Waals surface area contributed by atoms with E-state index in [1.165, 1.54) is 24.3 Å². The molecule has 0 saturated carbocycles. The summed E-state index contributed by atoms with van der Waals surface area (Å²) in [6, 6.07) is 19.5. The van der Waals surface area contributed by atoms with Crippen LogP contribution in [0, 0.1) is 5.82 Å². The van der Waals surface area contributed by atoms with Gasteiger partial charge in [0.1, 0.15) is 20.6 Å². The number of ketones is 1. The molecule has 0 aliphatic rings. The van der Waals surface area contributed by atoms with Crippen LogP contribution >= 0.6 is 22.9 Å². The highest BCUT2D eigenvalue weighted by Gasteiger charge is 2.31. The van der Waals surface area contributed by atoms with E-state index in [4.69, 9.17) is 17.3 Å². The number of carbonyl (C=O) groups is 1. The number of carbonyl (C=O) groups excluding carboxylic acids is 1. The van der Waals surface area contributed by atoms with Crippen LogP contribution in [0.5, 0.6) is 0 Å². The Labute approximate surface area is 193 Å². The minimum absolute atomic E-state index is 0.0376. The Kier molecular flexibility index (Phi) is 6.01. The van der Waals surface area contributed by atoms with Crippen LogP contribution in [-0.2, 0) is 9.84 Å². The summed E-state index contributed by atoms with van der Waals surface area (Å²) in [6.45, 7) is 0. The zero-order valence-corrected chi connectivity index (χ0v) is 18.8. The molecule has 0 aliphatic carbocycles. The Bertz CT molecular complexity index is 1400.